The summed E-state index contributed by atoms with van der Waals surface area (Å²) < 4.78 is 5.51. The molecule has 21 heavy (non-hydrogen) atoms. The largest absolute Gasteiger partial charge is 0.379 e. The summed E-state index contributed by atoms with van der Waals surface area (Å²) in [6.45, 7) is 7.84. The van der Waals surface area contributed by atoms with Crippen molar-refractivity contribution in [2.24, 2.45) is 5.92 Å². The molecule has 2 fully saturated rings. The van der Waals surface area contributed by atoms with Gasteiger partial charge in [-0.2, -0.15) is 0 Å². The quantitative estimate of drug-likeness (QED) is 0.930. The fraction of sp³-hybridized carbons (Fsp3) is 0.688. The molecular formula is C16H24N2O2S. The van der Waals surface area contributed by atoms with Crippen LogP contribution in [0.15, 0.2) is 12.1 Å². The van der Waals surface area contributed by atoms with Gasteiger partial charge in [0.25, 0.3) is 0 Å². The van der Waals surface area contributed by atoms with Crippen LogP contribution in [0.25, 0.3) is 0 Å². The lowest BCUT2D eigenvalue weighted by molar-refractivity contribution is -0.133. The Morgan fingerprint density at radius 2 is 2.33 bits per heavy atom. The second-order valence-electron chi connectivity index (χ2n) is 6.14. The molecule has 3 heterocycles. The Hall–Kier alpha value is -0.910. The molecular weight excluding hydrogens is 284 g/mol. The van der Waals surface area contributed by atoms with Gasteiger partial charge >= 0.3 is 0 Å². The van der Waals surface area contributed by atoms with Gasteiger partial charge in [-0.05, 0) is 31.4 Å². The molecule has 4 unspecified atom stereocenters. The predicted molar refractivity (Wildman–Crippen MR) is 84.2 cm³/mol. The molecule has 2 aliphatic heterocycles. The van der Waals surface area contributed by atoms with Gasteiger partial charge in [0.1, 0.15) is 6.17 Å². The summed E-state index contributed by atoms with van der Waals surface area (Å²) >= 11 is 1.77. The first-order valence-corrected chi connectivity index (χ1v) is 8.65. The normalized spacial score (nSPS) is 31.1. The fourth-order valence-corrected chi connectivity index (χ4v) is 4.14. The summed E-state index contributed by atoms with van der Waals surface area (Å²) in [7, 11) is 0. The van der Waals surface area contributed by atoms with E-state index in [2.05, 4.69) is 43.1 Å². The molecule has 0 spiro atoms. The lowest BCUT2D eigenvalue weighted by Crippen LogP contribution is -2.41. The van der Waals surface area contributed by atoms with Gasteiger partial charge in [0, 0.05) is 16.4 Å². The maximum atomic E-state index is 12.9. The molecule has 0 saturated carbocycles. The summed E-state index contributed by atoms with van der Waals surface area (Å²) in [5.74, 6) is 0.601. The van der Waals surface area contributed by atoms with Crippen molar-refractivity contribution in [3.8, 4) is 0 Å². The third-order valence-corrected chi connectivity index (χ3v) is 5.73. The molecule has 0 aliphatic carbocycles. The van der Waals surface area contributed by atoms with Crippen LogP contribution in [0.2, 0.25) is 0 Å². The lowest BCUT2D eigenvalue weighted by Gasteiger charge is -2.28. The molecule has 4 nitrogen and oxygen atoms in total. The second-order valence-corrected chi connectivity index (χ2v) is 7.46. The van der Waals surface area contributed by atoms with Crippen molar-refractivity contribution in [1.29, 1.82) is 0 Å². The number of hydrogen-bond donors (Lipinski definition) is 1. The van der Waals surface area contributed by atoms with E-state index < -0.39 is 0 Å². The van der Waals surface area contributed by atoms with Gasteiger partial charge in [-0.1, -0.05) is 20.3 Å². The van der Waals surface area contributed by atoms with E-state index in [0.717, 1.165) is 19.4 Å². The zero-order valence-corrected chi connectivity index (χ0v) is 13.8. The monoisotopic (exact) mass is 308 g/mol. The molecule has 0 bridgehead atoms. The highest BCUT2D eigenvalue weighted by Gasteiger charge is 2.46. The standard InChI is InChI=1S/C16H24N2O2S/c1-4-10(2)14-16(19)18(12-7-8-20-9-12)15(17-14)13-6-5-11(3)21-13/h5-6,10,12,14-15,17H,4,7-9H2,1-3H3. The van der Waals surface area contributed by atoms with Crippen LogP contribution in [-0.4, -0.2) is 36.1 Å². The molecule has 4 atom stereocenters. The van der Waals surface area contributed by atoms with Gasteiger partial charge in [0.15, 0.2) is 0 Å². The van der Waals surface area contributed by atoms with Crippen LogP contribution in [0.4, 0.5) is 0 Å². The molecule has 5 heteroatoms. The topological polar surface area (TPSA) is 41.6 Å². The van der Waals surface area contributed by atoms with Crippen LogP contribution < -0.4 is 5.32 Å². The number of rotatable bonds is 4. The zero-order valence-electron chi connectivity index (χ0n) is 13.0. The summed E-state index contributed by atoms with van der Waals surface area (Å²) in [6, 6.07) is 4.42. The minimum Gasteiger partial charge on any atom is -0.379 e. The van der Waals surface area contributed by atoms with Crippen molar-refractivity contribution >= 4 is 17.2 Å². The summed E-state index contributed by atoms with van der Waals surface area (Å²) in [5, 5.41) is 3.58. The minimum absolute atomic E-state index is 0.0156. The number of carbonyl (C=O) groups excluding carboxylic acids is 1. The van der Waals surface area contributed by atoms with Crippen molar-refractivity contribution in [1.82, 2.24) is 10.2 Å². The van der Waals surface area contributed by atoms with Crippen molar-refractivity contribution in [3.63, 3.8) is 0 Å². The van der Waals surface area contributed by atoms with E-state index >= 15 is 0 Å². The van der Waals surface area contributed by atoms with E-state index in [9.17, 15) is 4.79 Å². The molecule has 0 aromatic carbocycles. The molecule has 3 rings (SSSR count). The first kappa shape index (κ1) is 15.0. The highest BCUT2D eigenvalue weighted by molar-refractivity contribution is 7.12. The number of thiophene rings is 1. The SMILES string of the molecule is CCC(C)C1NC(c2ccc(C)s2)N(C2CCOC2)C1=O. The second kappa shape index (κ2) is 6.07. The molecule has 1 aromatic rings. The van der Waals surface area contributed by atoms with Gasteiger partial charge < -0.3 is 9.64 Å². The fourth-order valence-electron chi connectivity index (χ4n) is 3.20. The van der Waals surface area contributed by atoms with E-state index in [1.807, 2.05) is 0 Å². The van der Waals surface area contributed by atoms with Crippen molar-refractivity contribution in [2.75, 3.05) is 13.2 Å². The van der Waals surface area contributed by atoms with E-state index in [1.54, 1.807) is 11.3 Å². The molecule has 116 valence electrons. The molecule has 2 saturated heterocycles. The van der Waals surface area contributed by atoms with Gasteiger partial charge in [0.05, 0.1) is 18.7 Å². The minimum atomic E-state index is -0.0667. The number of ether oxygens (including phenoxy) is 1. The maximum absolute atomic E-state index is 12.9. The number of nitrogens with one attached hydrogen (secondary N) is 1. The van der Waals surface area contributed by atoms with E-state index in [4.69, 9.17) is 4.74 Å². The first-order valence-electron chi connectivity index (χ1n) is 7.84. The first-order chi connectivity index (χ1) is 10.1. The van der Waals surface area contributed by atoms with Crippen molar-refractivity contribution < 1.29 is 9.53 Å². The maximum Gasteiger partial charge on any atom is 0.241 e. The van der Waals surface area contributed by atoms with Crippen LogP contribution in [0.1, 0.15) is 42.6 Å². The number of aryl methyl sites for hydroxylation is 1. The molecule has 2 aliphatic rings. The Kier molecular flexibility index (Phi) is 4.33. The highest BCUT2D eigenvalue weighted by Crippen LogP contribution is 2.35. The lowest BCUT2D eigenvalue weighted by atomic mass is 9.99. The van der Waals surface area contributed by atoms with Gasteiger partial charge in [-0.15, -0.1) is 11.3 Å². The smallest absolute Gasteiger partial charge is 0.241 e. The van der Waals surface area contributed by atoms with Crippen molar-refractivity contribution in [3.05, 3.63) is 21.9 Å². The van der Waals surface area contributed by atoms with E-state index in [1.165, 1.54) is 9.75 Å². The Balaban J connectivity index is 1.89. The summed E-state index contributed by atoms with van der Waals surface area (Å²) in [4.78, 5) is 17.5. The number of nitrogens with zero attached hydrogens (tertiary/aromatic N) is 1. The Labute approximate surface area is 130 Å². The number of amides is 1. The third kappa shape index (κ3) is 2.74. The Bertz CT molecular complexity index is 510. The van der Waals surface area contributed by atoms with Gasteiger partial charge in [0.2, 0.25) is 5.91 Å². The van der Waals surface area contributed by atoms with E-state index in [-0.39, 0.29) is 24.2 Å². The average molecular weight is 308 g/mol. The molecule has 0 radical (unpaired) electrons. The zero-order chi connectivity index (χ0) is 15.0. The number of hydrogen-bond acceptors (Lipinski definition) is 4. The average Bonchev–Trinajstić information content (AvgIpc) is 3.17. The van der Waals surface area contributed by atoms with Gasteiger partial charge in [-0.25, -0.2) is 0 Å². The van der Waals surface area contributed by atoms with Crippen molar-refractivity contribution in [2.45, 2.75) is 51.9 Å². The Morgan fingerprint density at radius 3 is 2.90 bits per heavy atom. The third-order valence-electron chi connectivity index (χ3n) is 4.68. The molecule has 1 amide bonds. The van der Waals surface area contributed by atoms with Crippen LogP contribution in [0.5, 0.6) is 0 Å². The van der Waals surface area contributed by atoms with Crippen LogP contribution >= 0.6 is 11.3 Å². The van der Waals surface area contributed by atoms with Crippen LogP contribution in [0.3, 0.4) is 0 Å². The number of carbonyl (C=O) groups is 1. The van der Waals surface area contributed by atoms with E-state index in [0.29, 0.717) is 12.5 Å². The summed E-state index contributed by atoms with van der Waals surface area (Å²) in [6.07, 6.45) is 1.97. The Morgan fingerprint density at radius 1 is 1.52 bits per heavy atom. The van der Waals surface area contributed by atoms with Crippen LogP contribution in [0, 0.1) is 12.8 Å². The predicted octanol–water partition coefficient (Wildman–Crippen LogP) is 2.69. The van der Waals surface area contributed by atoms with Crippen LogP contribution in [-0.2, 0) is 9.53 Å². The van der Waals surface area contributed by atoms with Gasteiger partial charge in [-0.3, -0.25) is 10.1 Å². The highest BCUT2D eigenvalue weighted by atomic mass is 32.1. The summed E-state index contributed by atoms with van der Waals surface area (Å²) in [5.41, 5.74) is 0. The molecule has 1 N–H and O–H groups in total. The molecule has 1 aromatic heterocycles.